The minimum absolute atomic E-state index is 0.123. The summed E-state index contributed by atoms with van der Waals surface area (Å²) in [6.45, 7) is 4.98. The van der Waals surface area contributed by atoms with Gasteiger partial charge < -0.3 is 4.57 Å². The molecule has 3 rings (SSSR count). The van der Waals surface area contributed by atoms with E-state index < -0.39 is 0 Å². The number of para-hydroxylation sites is 2. The number of unbranched alkanes of at least 4 members (excludes halogenated alkanes) is 1. The van der Waals surface area contributed by atoms with Crippen molar-refractivity contribution in [3.8, 4) is 0 Å². The zero-order valence-electron chi connectivity index (χ0n) is 13.5. The molecule has 3 aromatic rings. The van der Waals surface area contributed by atoms with Crippen LogP contribution in [0.15, 0.2) is 48.5 Å². The van der Waals surface area contributed by atoms with Crippen LogP contribution in [0.25, 0.3) is 11.0 Å². The molecule has 0 aliphatic carbocycles. The number of benzene rings is 2. The van der Waals surface area contributed by atoms with E-state index in [1.807, 2.05) is 55.5 Å². The van der Waals surface area contributed by atoms with Crippen LogP contribution in [-0.2, 0) is 6.54 Å². The lowest BCUT2D eigenvalue weighted by Crippen LogP contribution is -2.16. The van der Waals surface area contributed by atoms with Crippen molar-refractivity contribution >= 4 is 22.9 Å². The number of aryl methyl sites for hydroxylation is 2. The van der Waals surface area contributed by atoms with Crippen LogP contribution >= 0.6 is 0 Å². The van der Waals surface area contributed by atoms with E-state index in [9.17, 15) is 4.79 Å². The summed E-state index contributed by atoms with van der Waals surface area (Å²) < 4.78 is 2.09. The van der Waals surface area contributed by atoms with Crippen molar-refractivity contribution in [1.82, 2.24) is 9.55 Å². The summed E-state index contributed by atoms with van der Waals surface area (Å²) in [5.74, 6) is 0.493. The van der Waals surface area contributed by atoms with Crippen LogP contribution in [0.1, 0.15) is 35.7 Å². The highest BCUT2D eigenvalue weighted by atomic mass is 16.1. The maximum atomic E-state index is 12.5. The van der Waals surface area contributed by atoms with Gasteiger partial charge in [-0.2, -0.15) is 0 Å². The Bertz CT molecular complexity index is 836. The van der Waals surface area contributed by atoms with E-state index in [0.717, 1.165) is 36.0 Å². The number of carbonyl (C=O) groups excluding carboxylic acids is 1. The monoisotopic (exact) mass is 307 g/mol. The number of rotatable bonds is 5. The number of anilines is 1. The molecule has 0 saturated heterocycles. The van der Waals surface area contributed by atoms with Crippen molar-refractivity contribution < 1.29 is 4.79 Å². The summed E-state index contributed by atoms with van der Waals surface area (Å²) in [4.78, 5) is 17.1. The molecule has 23 heavy (non-hydrogen) atoms. The molecule has 0 bridgehead atoms. The normalized spacial score (nSPS) is 10.9. The lowest BCUT2D eigenvalue weighted by Gasteiger charge is -2.10. The Labute approximate surface area is 136 Å². The largest absolute Gasteiger partial charge is 0.310 e. The summed E-state index contributed by atoms with van der Waals surface area (Å²) in [7, 11) is 0. The van der Waals surface area contributed by atoms with E-state index in [0.29, 0.717) is 11.5 Å². The first-order valence-corrected chi connectivity index (χ1v) is 8.02. The van der Waals surface area contributed by atoms with E-state index >= 15 is 0 Å². The van der Waals surface area contributed by atoms with Gasteiger partial charge >= 0.3 is 0 Å². The maximum absolute atomic E-state index is 12.5. The van der Waals surface area contributed by atoms with E-state index in [1.54, 1.807) is 0 Å². The molecular weight excluding hydrogens is 286 g/mol. The number of aromatic nitrogens is 2. The first-order chi connectivity index (χ1) is 11.2. The first kappa shape index (κ1) is 15.3. The predicted octanol–water partition coefficient (Wildman–Crippen LogP) is 4.40. The highest BCUT2D eigenvalue weighted by Crippen LogP contribution is 2.21. The Hall–Kier alpha value is -2.62. The molecule has 118 valence electrons. The lowest BCUT2D eigenvalue weighted by atomic mass is 10.1. The molecule has 1 N–H and O–H groups in total. The average Bonchev–Trinajstić information content (AvgIpc) is 2.90. The zero-order valence-corrected chi connectivity index (χ0v) is 13.5. The van der Waals surface area contributed by atoms with Gasteiger partial charge in [-0.1, -0.05) is 43.2 Å². The van der Waals surface area contributed by atoms with Gasteiger partial charge in [-0.15, -0.1) is 0 Å². The second-order valence-corrected chi connectivity index (χ2v) is 5.75. The molecule has 0 radical (unpaired) electrons. The van der Waals surface area contributed by atoms with Crippen molar-refractivity contribution in [2.24, 2.45) is 0 Å². The van der Waals surface area contributed by atoms with Crippen LogP contribution in [0.5, 0.6) is 0 Å². The number of hydrogen-bond donors (Lipinski definition) is 1. The van der Waals surface area contributed by atoms with Gasteiger partial charge in [0.25, 0.3) is 5.91 Å². The summed E-state index contributed by atoms with van der Waals surface area (Å²) in [5, 5.41) is 2.97. The molecule has 2 aromatic carbocycles. The third-order valence-corrected chi connectivity index (χ3v) is 3.90. The van der Waals surface area contributed by atoms with Crippen LogP contribution in [-0.4, -0.2) is 15.5 Å². The summed E-state index contributed by atoms with van der Waals surface area (Å²) >= 11 is 0. The molecule has 0 aliphatic rings. The summed E-state index contributed by atoms with van der Waals surface area (Å²) in [5.41, 5.74) is 3.68. The lowest BCUT2D eigenvalue weighted by molar-refractivity contribution is 0.102. The van der Waals surface area contributed by atoms with Gasteiger partial charge in [0.05, 0.1) is 11.0 Å². The Morgan fingerprint density at radius 1 is 1.17 bits per heavy atom. The molecule has 0 fully saturated rings. The fourth-order valence-electron chi connectivity index (χ4n) is 2.67. The molecule has 0 aliphatic heterocycles. The number of carbonyl (C=O) groups is 1. The van der Waals surface area contributed by atoms with E-state index in [-0.39, 0.29) is 5.91 Å². The van der Waals surface area contributed by atoms with Crippen LogP contribution < -0.4 is 5.32 Å². The third-order valence-electron chi connectivity index (χ3n) is 3.90. The zero-order chi connectivity index (χ0) is 16.2. The van der Waals surface area contributed by atoms with Crippen molar-refractivity contribution in [2.45, 2.75) is 33.2 Å². The van der Waals surface area contributed by atoms with Crippen molar-refractivity contribution in [1.29, 1.82) is 0 Å². The molecule has 0 atom stereocenters. The Morgan fingerprint density at radius 2 is 2.00 bits per heavy atom. The Balaban J connectivity index is 1.94. The number of imidazole rings is 1. The van der Waals surface area contributed by atoms with Crippen LogP contribution in [0.3, 0.4) is 0 Å². The van der Waals surface area contributed by atoms with Crippen LogP contribution in [0, 0.1) is 6.92 Å². The van der Waals surface area contributed by atoms with E-state index in [4.69, 9.17) is 0 Å². The minimum Gasteiger partial charge on any atom is -0.310 e. The van der Waals surface area contributed by atoms with Gasteiger partial charge in [0.1, 0.15) is 0 Å². The van der Waals surface area contributed by atoms with Crippen molar-refractivity contribution in [3.05, 3.63) is 59.7 Å². The molecule has 0 saturated carbocycles. The SMILES string of the molecule is CCCCn1c(NC(=O)c2cccc(C)c2)nc2ccccc21. The van der Waals surface area contributed by atoms with Crippen molar-refractivity contribution in [2.75, 3.05) is 5.32 Å². The number of amides is 1. The molecule has 4 nitrogen and oxygen atoms in total. The number of nitrogens with one attached hydrogen (secondary N) is 1. The molecule has 1 aromatic heterocycles. The van der Waals surface area contributed by atoms with Gasteiger partial charge in [-0.3, -0.25) is 10.1 Å². The van der Waals surface area contributed by atoms with Gasteiger partial charge in [-0.05, 0) is 37.6 Å². The third kappa shape index (κ3) is 3.26. The van der Waals surface area contributed by atoms with Crippen molar-refractivity contribution in [3.63, 3.8) is 0 Å². The molecule has 4 heteroatoms. The highest BCUT2D eigenvalue weighted by molar-refractivity contribution is 6.04. The Kier molecular flexibility index (Phi) is 4.42. The standard InChI is InChI=1S/C19H21N3O/c1-3-4-12-22-17-11-6-5-10-16(17)20-19(22)21-18(23)15-9-7-8-14(2)13-15/h5-11,13H,3-4,12H2,1-2H3,(H,20,21,23). The predicted molar refractivity (Wildman–Crippen MR) is 93.8 cm³/mol. The topological polar surface area (TPSA) is 46.9 Å². The van der Waals surface area contributed by atoms with Gasteiger partial charge in [-0.25, -0.2) is 4.98 Å². The number of fused-ring (bicyclic) bond motifs is 1. The average molecular weight is 307 g/mol. The first-order valence-electron chi connectivity index (χ1n) is 8.02. The molecule has 1 amide bonds. The molecule has 0 spiro atoms. The molecular formula is C19H21N3O. The van der Waals surface area contributed by atoms with Gasteiger partial charge in [0.2, 0.25) is 5.95 Å². The van der Waals surface area contributed by atoms with E-state index in [1.165, 1.54) is 0 Å². The quantitative estimate of drug-likeness (QED) is 0.759. The van der Waals surface area contributed by atoms with Crippen LogP contribution in [0.2, 0.25) is 0 Å². The van der Waals surface area contributed by atoms with Gasteiger partial charge in [0.15, 0.2) is 0 Å². The summed E-state index contributed by atoms with van der Waals surface area (Å²) in [6, 6.07) is 15.6. The van der Waals surface area contributed by atoms with E-state index in [2.05, 4.69) is 21.8 Å². The smallest absolute Gasteiger partial charge is 0.257 e. The second-order valence-electron chi connectivity index (χ2n) is 5.75. The van der Waals surface area contributed by atoms with Gasteiger partial charge in [0, 0.05) is 12.1 Å². The number of hydrogen-bond acceptors (Lipinski definition) is 2. The summed E-state index contributed by atoms with van der Waals surface area (Å²) in [6.07, 6.45) is 2.14. The highest BCUT2D eigenvalue weighted by Gasteiger charge is 2.14. The molecule has 1 heterocycles. The maximum Gasteiger partial charge on any atom is 0.257 e. The second kappa shape index (κ2) is 6.65. The fraction of sp³-hybridized carbons (Fsp3) is 0.263. The van der Waals surface area contributed by atoms with Crippen LogP contribution in [0.4, 0.5) is 5.95 Å². The minimum atomic E-state index is -0.123. The fourth-order valence-corrected chi connectivity index (χ4v) is 2.67. The Morgan fingerprint density at radius 3 is 2.78 bits per heavy atom. The molecule has 0 unspecified atom stereocenters. The number of nitrogens with zero attached hydrogens (tertiary/aromatic N) is 2.